The highest BCUT2D eigenvalue weighted by molar-refractivity contribution is 5.94. The molecule has 0 aliphatic carbocycles. The number of primary amides is 1. The van der Waals surface area contributed by atoms with Gasteiger partial charge in [-0.25, -0.2) is 8.78 Å². The van der Waals surface area contributed by atoms with E-state index in [-0.39, 0.29) is 12.1 Å². The van der Waals surface area contributed by atoms with E-state index in [0.717, 1.165) is 18.2 Å². The molecule has 0 saturated heterocycles. The lowest BCUT2D eigenvalue weighted by molar-refractivity contribution is 0.0944. The predicted octanol–water partition coefficient (Wildman–Crippen LogP) is 1.99. The fourth-order valence-electron chi connectivity index (χ4n) is 1.74. The first-order valence-corrected chi connectivity index (χ1v) is 6.09. The molecule has 0 atom stereocenters. The summed E-state index contributed by atoms with van der Waals surface area (Å²) >= 11 is 0. The third-order valence-corrected chi connectivity index (χ3v) is 2.86. The molecule has 0 unspecified atom stereocenters. The van der Waals surface area contributed by atoms with Gasteiger partial charge in [0.15, 0.2) is 0 Å². The molecule has 0 fully saturated rings. The number of amides is 2. The van der Waals surface area contributed by atoms with Gasteiger partial charge in [0.2, 0.25) is 5.91 Å². The van der Waals surface area contributed by atoms with Crippen molar-refractivity contribution in [3.8, 4) is 0 Å². The molecule has 2 rings (SSSR count). The summed E-state index contributed by atoms with van der Waals surface area (Å²) in [5.41, 5.74) is 5.80. The van der Waals surface area contributed by atoms with Gasteiger partial charge < -0.3 is 11.1 Å². The Morgan fingerprint density at radius 3 is 2.33 bits per heavy atom. The van der Waals surface area contributed by atoms with Gasteiger partial charge in [0.05, 0.1) is 5.56 Å². The zero-order valence-electron chi connectivity index (χ0n) is 10.9. The summed E-state index contributed by atoms with van der Waals surface area (Å²) in [5, 5.41) is 2.47. The van der Waals surface area contributed by atoms with Crippen molar-refractivity contribution in [1.29, 1.82) is 0 Å². The fourth-order valence-corrected chi connectivity index (χ4v) is 1.74. The Bertz CT molecular complexity index is 685. The Hall–Kier alpha value is -2.76. The summed E-state index contributed by atoms with van der Waals surface area (Å²) in [4.78, 5) is 22.7. The van der Waals surface area contributed by atoms with Crippen molar-refractivity contribution in [1.82, 2.24) is 5.32 Å². The van der Waals surface area contributed by atoms with Crippen molar-refractivity contribution in [2.24, 2.45) is 5.73 Å². The monoisotopic (exact) mass is 290 g/mol. The second-order valence-corrected chi connectivity index (χ2v) is 4.37. The van der Waals surface area contributed by atoms with E-state index in [1.54, 1.807) is 12.1 Å². The first-order chi connectivity index (χ1) is 9.97. The van der Waals surface area contributed by atoms with Gasteiger partial charge in [-0.2, -0.15) is 0 Å². The molecule has 6 heteroatoms. The van der Waals surface area contributed by atoms with Crippen molar-refractivity contribution in [2.45, 2.75) is 6.54 Å². The van der Waals surface area contributed by atoms with E-state index in [1.165, 1.54) is 12.1 Å². The predicted molar refractivity (Wildman–Crippen MR) is 72.5 cm³/mol. The molecular formula is C15H12F2N2O2. The lowest BCUT2D eigenvalue weighted by atomic mass is 10.1. The molecule has 0 radical (unpaired) electrons. The van der Waals surface area contributed by atoms with E-state index in [2.05, 4.69) is 5.32 Å². The number of carbonyl (C=O) groups excluding carboxylic acids is 2. The zero-order chi connectivity index (χ0) is 15.4. The third kappa shape index (κ3) is 3.62. The van der Waals surface area contributed by atoms with E-state index in [0.29, 0.717) is 11.1 Å². The maximum Gasteiger partial charge on any atom is 0.254 e. The molecule has 3 N–H and O–H groups in total. The number of hydrogen-bond donors (Lipinski definition) is 2. The third-order valence-electron chi connectivity index (χ3n) is 2.86. The van der Waals surface area contributed by atoms with Crippen LogP contribution in [0.5, 0.6) is 0 Å². The Morgan fingerprint density at radius 2 is 1.71 bits per heavy atom. The molecule has 0 aliphatic rings. The maximum atomic E-state index is 13.4. The highest BCUT2D eigenvalue weighted by Crippen LogP contribution is 2.10. The van der Waals surface area contributed by atoms with Gasteiger partial charge in [0.1, 0.15) is 11.6 Å². The van der Waals surface area contributed by atoms with Crippen LogP contribution in [0, 0.1) is 11.6 Å². The van der Waals surface area contributed by atoms with Crippen LogP contribution in [0.1, 0.15) is 26.3 Å². The van der Waals surface area contributed by atoms with Gasteiger partial charge in [-0.05, 0) is 35.9 Å². The van der Waals surface area contributed by atoms with Crippen LogP contribution in [-0.4, -0.2) is 11.8 Å². The Kier molecular flexibility index (Phi) is 4.27. The summed E-state index contributed by atoms with van der Waals surface area (Å²) in [7, 11) is 0. The van der Waals surface area contributed by atoms with Gasteiger partial charge in [-0.15, -0.1) is 0 Å². The van der Waals surface area contributed by atoms with Crippen molar-refractivity contribution < 1.29 is 18.4 Å². The molecule has 4 nitrogen and oxygen atoms in total. The first-order valence-electron chi connectivity index (χ1n) is 6.09. The van der Waals surface area contributed by atoms with Crippen LogP contribution < -0.4 is 11.1 Å². The van der Waals surface area contributed by atoms with Crippen molar-refractivity contribution in [2.75, 3.05) is 0 Å². The maximum absolute atomic E-state index is 13.4. The quantitative estimate of drug-likeness (QED) is 0.904. The second-order valence-electron chi connectivity index (χ2n) is 4.37. The molecule has 2 amide bonds. The summed E-state index contributed by atoms with van der Waals surface area (Å²) in [6, 6.07) is 8.94. The van der Waals surface area contributed by atoms with Crippen molar-refractivity contribution in [3.05, 3.63) is 70.8 Å². The summed E-state index contributed by atoms with van der Waals surface area (Å²) in [5.74, 6) is -2.75. The first kappa shape index (κ1) is 14.6. The SMILES string of the molecule is NC(=O)c1ccc(CNC(=O)c2cc(F)ccc2F)cc1. The molecule has 0 heterocycles. The van der Waals surface area contributed by atoms with Crippen LogP contribution in [0.4, 0.5) is 8.78 Å². The van der Waals surface area contributed by atoms with Crippen LogP contribution in [0.25, 0.3) is 0 Å². The second kappa shape index (κ2) is 6.13. The number of benzene rings is 2. The van der Waals surface area contributed by atoms with E-state index in [9.17, 15) is 18.4 Å². The summed E-state index contributed by atoms with van der Waals surface area (Å²) in [6.45, 7) is 0.119. The number of nitrogens with two attached hydrogens (primary N) is 1. The smallest absolute Gasteiger partial charge is 0.254 e. The minimum Gasteiger partial charge on any atom is -0.366 e. The van der Waals surface area contributed by atoms with Gasteiger partial charge in [-0.1, -0.05) is 12.1 Å². The van der Waals surface area contributed by atoms with Crippen molar-refractivity contribution >= 4 is 11.8 Å². The van der Waals surface area contributed by atoms with Crippen LogP contribution in [0.15, 0.2) is 42.5 Å². The Morgan fingerprint density at radius 1 is 1.05 bits per heavy atom. The van der Waals surface area contributed by atoms with Gasteiger partial charge in [0, 0.05) is 12.1 Å². The Balaban J connectivity index is 2.04. The van der Waals surface area contributed by atoms with Gasteiger partial charge in [-0.3, -0.25) is 9.59 Å². The van der Waals surface area contributed by atoms with E-state index < -0.39 is 23.4 Å². The summed E-state index contributed by atoms with van der Waals surface area (Å²) in [6.07, 6.45) is 0. The minimum atomic E-state index is -0.794. The fraction of sp³-hybridized carbons (Fsp3) is 0.0667. The highest BCUT2D eigenvalue weighted by Gasteiger charge is 2.12. The molecule has 21 heavy (non-hydrogen) atoms. The molecule has 0 saturated carbocycles. The topological polar surface area (TPSA) is 72.2 Å². The van der Waals surface area contributed by atoms with Gasteiger partial charge in [0.25, 0.3) is 5.91 Å². The average molecular weight is 290 g/mol. The number of carbonyl (C=O) groups is 2. The van der Waals surface area contributed by atoms with Crippen LogP contribution in [0.2, 0.25) is 0 Å². The zero-order valence-corrected chi connectivity index (χ0v) is 10.9. The van der Waals surface area contributed by atoms with Crippen LogP contribution in [0.3, 0.4) is 0 Å². The van der Waals surface area contributed by atoms with Crippen LogP contribution >= 0.6 is 0 Å². The van der Waals surface area contributed by atoms with E-state index in [4.69, 9.17) is 5.73 Å². The lowest BCUT2D eigenvalue weighted by Crippen LogP contribution is -2.24. The molecule has 0 aliphatic heterocycles. The number of rotatable bonds is 4. The molecule has 2 aromatic carbocycles. The Labute approximate surface area is 119 Å². The van der Waals surface area contributed by atoms with E-state index in [1.807, 2.05) is 0 Å². The van der Waals surface area contributed by atoms with Crippen LogP contribution in [-0.2, 0) is 6.54 Å². The average Bonchev–Trinajstić information content (AvgIpc) is 2.47. The normalized spacial score (nSPS) is 10.2. The number of nitrogens with one attached hydrogen (secondary N) is 1. The lowest BCUT2D eigenvalue weighted by Gasteiger charge is -2.07. The molecule has 0 spiro atoms. The number of halogens is 2. The van der Waals surface area contributed by atoms with Gasteiger partial charge >= 0.3 is 0 Å². The molecule has 108 valence electrons. The molecule has 0 bridgehead atoms. The standard InChI is InChI=1S/C15H12F2N2O2/c16-11-5-6-13(17)12(7-11)15(21)19-8-9-1-3-10(4-2-9)14(18)20/h1-7H,8H2,(H2,18,20)(H,19,21). The number of hydrogen-bond acceptors (Lipinski definition) is 2. The largest absolute Gasteiger partial charge is 0.366 e. The highest BCUT2D eigenvalue weighted by atomic mass is 19.1. The molecule has 2 aromatic rings. The van der Waals surface area contributed by atoms with Crippen molar-refractivity contribution in [3.63, 3.8) is 0 Å². The summed E-state index contributed by atoms with van der Waals surface area (Å²) < 4.78 is 26.4. The molecular weight excluding hydrogens is 278 g/mol. The molecule has 0 aromatic heterocycles. The minimum absolute atomic E-state index is 0.119. The van der Waals surface area contributed by atoms with E-state index >= 15 is 0 Å².